The Balaban J connectivity index is 2.15. The van der Waals surface area contributed by atoms with Crippen molar-refractivity contribution in [3.05, 3.63) is 89.3 Å². The molecule has 0 spiro atoms. The summed E-state index contributed by atoms with van der Waals surface area (Å²) >= 11 is 0. The Bertz CT molecular complexity index is 1310. The number of benzene rings is 3. The molecule has 0 unspecified atom stereocenters. The molecule has 5 nitrogen and oxygen atoms in total. The molecule has 0 aliphatic carbocycles. The van der Waals surface area contributed by atoms with Crippen LogP contribution < -0.4 is 10.4 Å². The maximum absolute atomic E-state index is 13.3. The SMILES string of the molecule is COc1ccc2c(-c3ccccc3)c(S(=O)(=O)c3ccccc3)c(=O)oc2c1. The molecule has 0 aliphatic heterocycles. The molecule has 1 heterocycles. The summed E-state index contributed by atoms with van der Waals surface area (Å²) in [6.45, 7) is 0. The van der Waals surface area contributed by atoms with E-state index in [2.05, 4.69) is 0 Å². The highest BCUT2D eigenvalue weighted by atomic mass is 32.2. The summed E-state index contributed by atoms with van der Waals surface area (Å²) in [5.41, 5.74) is 0.275. The van der Waals surface area contributed by atoms with Crippen LogP contribution in [0.1, 0.15) is 0 Å². The average Bonchev–Trinajstić information content (AvgIpc) is 2.73. The molecule has 4 rings (SSSR count). The zero-order valence-corrected chi connectivity index (χ0v) is 15.8. The first-order valence-corrected chi connectivity index (χ1v) is 10.0. The van der Waals surface area contributed by atoms with Gasteiger partial charge in [-0.15, -0.1) is 0 Å². The van der Waals surface area contributed by atoms with Gasteiger partial charge >= 0.3 is 5.63 Å². The van der Waals surface area contributed by atoms with Crippen LogP contribution in [0.4, 0.5) is 0 Å². The van der Waals surface area contributed by atoms with E-state index >= 15 is 0 Å². The smallest absolute Gasteiger partial charge is 0.356 e. The Labute approximate surface area is 161 Å². The summed E-state index contributed by atoms with van der Waals surface area (Å²) in [6.07, 6.45) is 0. The minimum atomic E-state index is -4.09. The van der Waals surface area contributed by atoms with Crippen molar-refractivity contribution in [1.82, 2.24) is 0 Å². The zero-order chi connectivity index (χ0) is 19.7. The van der Waals surface area contributed by atoms with E-state index in [1.165, 1.54) is 19.2 Å². The molecule has 28 heavy (non-hydrogen) atoms. The molecule has 0 bridgehead atoms. The molecule has 0 saturated heterocycles. The van der Waals surface area contributed by atoms with Crippen LogP contribution in [-0.2, 0) is 9.84 Å². The van der Waals surface area contributed by atoms with Crippen molar-refractivity contribution in [3.63, 3.8) is 0 Å². The average molecular weight is 392 g/mol. The van der Waals surface area contributed by atoms with E-state index in [1.807, 2.05) is 6.07 Å². The van der Waals surface area contributed by atoms with Gasteiger partial charge in [0, 0.05) is 17.0 Å². The van der Waals surface area contributed by atoms with Gasteiger partial charge in [0.15, 0.2) is 4.90 Å². The van der Waals surface area contributed by atoms with Crippen LogP contribution in [0.15, 0.2) is 97.9 Å². The Morgan fingerprint density at radius 2 is 1.50 bits per heavy atom. The van der Waals surface area contributed by atoms with Crippen LogP contribution >= 0.6 is 0 Å². The van der Waals surface area contributed by atoms with E-state index in [9.17, 15) is 13.2 Å². The van der Waals surface area contributed by atoms with Crippen molar-refractivity contribution in [2.24, 2.45) is 0 Å². The van der Waals surface area contributed by atoms with Gasteiger partial charge in [-0.25, -0.2) is 13.2 Å². The summed E-state index contributed by atoms with van der Waals surface area (Å²) in [4.78, 5) is 12.5. The monoisotopic (exact) mass is 392 g/mol. The lowest BCUT2D eigenvalue weighted by Crippen LogP contribution is -2.16. The van der Waals surface area contributed by atoms with Crippen molar-refractivity contribution >= 4 is 20.8 Å². The van der Waals surface area contributed by atoms with Gasteiger partial charge in [0.25, 0.3) is 0 Å². The minimum absolute atomic E-state index is 0.0346. The molecular formula is C22H16O5S. The van der Waals surface area contributed by atoms with Gasteiger partial charge < -0.3 is 9.15 Å². The van der Waals surface area contributed by atoms with Gasteiger partial charge in [-0.05, 0) is 29.8 Å². The Kier molecular flexibility index (Phi) is 4.49. The quantitative estimate of drug-likeness (QED) is 0.484. The molecular weight excluding hydrogens is 376 g/mol. The third kappa shape index (κ3) is 2.97. The third-order valence-corrected chi connectivity index (χ3v) is 6.26. The molecule has 0 saturated carbocycles. The molecule has 0 radical (unpaired) electrons. The molecule has 3 aromatic carbocycles. The lowest BCUT2D eigenvalue weighted by molar-refractivity contribution is 0.414. The number of ether oxygens (including phenoxy) is 1. The molecule has 6 heteroatoms. The van der Waals surface area contributed by atoms with E-state index in [-0.39, 0.29) is 15.4 Å². The van der Waals surface area contributed by atoms with Gasteiger partial charge in [-0.3, -0.25) is 0 Å². The van der Waals surface area contributed by atoms with E-state index in [0.717, 1.165) is 0 Å². The van der Waals surface area contributed by atoms with Crippen molar-refractivity contribution in [2.75, 3.05) is 7.11 Å². The van der Waals surface area contributed by atoms with E-state index in [4.69, 9.17) is 9.15 Å². The predicted octanol–water partition coefficient (Wildman–Crippen LogP) is 4.30. The van der Waals surface area contributed by atoms with Crippen LogP contribution in [0, 0.1) is 0 Å². The second kappa shape index (κ2) is 6.98. The molecule has 1 aromatic heterocycles. The summed E-state index contributed by atoms with van der Waals surface area (Å²) < 4.78 is 37.2. The second-order valence-corrected chi connectivity index (χ2v) is 8.02. The van der Waals surface area contributed by atoms with Crippen molar-refractivity contribution in [1.29, 1.82) is 0 Å². The van der Waals surface area contributed by atoms with Crippen LogP contribution in [0.2, 0.25) is 0 Å². The fraction of sp³-hybridized carbons (Fsp3) is 0.0455. The first kappa shape index (κ1) is 18.0. The van der Waals surface area contributed by atoms with Gasteiger partial charge in [0.05, 0.1) is 12.0 Å². The second-order valence-electron chi connectivity index (χ2n) is 6.14. The first-order chi connectivity index (χ1) is 13.5. The van der Waals surface area contributed by atoms with Crippen LogP contribution in [0.5, 0.6) is 5.75 Å². The lowest BCUT2D eigenvalue weighted by Gasteiger charge is -2.13. The highest BCUT2D eigenvalue weighted by Crippen LogP contribution is 2.36. The molecule has 140 valence electrons. The Hall–Kier alpha value is -3.38. The number of methoxy groups -OCH3 is 1. The Morgan fingerprint density at radius 3 is 2.14 bits per heavy atom. The van der Waals surface area contributed by atoms with Gasteiger partial charge in [-0.1, -0.05) is 48.5 Å². The number of rotatable bonds is 4. The summed E-state index contributed by atoms with van der Waals surface area (Å²) in [5, 5.41) is 0.515. The molecule has 0 aliphatic rings. The molecule has 4 aromatic rings. The number of fused-ring (bicyclic) bond motifs is 1. The summed E-state index contributed by atoms with van der Waals surface area (Å²) in [6, 6.07) is 21.8. The topological polar surface area (TPSA) is 73.6 Å². The van der Waals surface area contributed by atoms with Crippen LogP contribution in [0.25, 0.3) is 22.1 Å². The highest BCUT2D eigenvalue weighted by molar-refractivity contribution is 7.91. The number of hydrogen-bond acceptors (Lipinski definition) is 5. The van der Waals surface area contributed by atoms with Gasteiger partial charge in [0.1, 0.15) is 11.3 Å². The third-order valence-electron chi connectivity index (χ3n) is 4.46. The first-order valence-electron chi connectivity index (χ1n) is 8.53. The minimum Gasteiger partial charge on any atom is -0.497 e. The largest absolute Gasteiger partial charge is 0.497 e. The summed E-state index contributed by atoms with van der Waals surface area (Å²) in [7, 11) is -2.59. The fourth-order valence-corrected chi connectivity index (χ4v) is 4.65. The van der Waals surface area contributed by atoms with Crippen LogP contribution in [0.3, 0.4) is 0 Å². The van der Waals surface area contributed by atoms with E-state index in [1.54, 1.807) is 60.7 Å². The normalized spacial score (nSPS) is 11.5. The zero-order valence-electron chi connectivity index (χ0n) is 15.0. The maximum Gasteiger partial charge on any atom is 0.356 e. The standard InChI is InChI=1S/C22H16O5S/c1-26-16-12-13-18-19(14-16)27-22(23)21(20(18)15-8-4-2-5-9-15)28(24,25)17-10-6-3-7-11-17/h2-14H,1H3. The molecule has 0 fully saturated rings. The highest BCUT2D eigenvalue weighted by Gasteiger charge is 2.29. The number of sulfone groups is 1. The Morgan fingerprint density at radius 1 is 0.857 bits per heavy atom. The molecule has 0 atom stereocenters. The lowest BCUT2D eigenvalue weighted by atomic mass is 10.0. The van der Waals surface area contributed by atoms with Crippen molar-refractivity contribution in [3.8, 4) is 16.9 Å². The number of hydrogen-bond donors (Lipinski definition) is 0. The van der Waals surface area contributed by atoms with Crippen molar-refractivity contribution in [2.45, 2.75) is 9.79 Å². The van der Waals surface area contributed by atoms with Crippen molar-refractivity contribution < 1.29 is 17.6 Å². The van der Waals surface area contributed by atoms with Gasteiger partial charge in [-0.2, -0.15) is 0 Å². The summed E-state index contributed by atoms with van der Waals surface area (Å²) in [5.74, 6) is 0.508. The fourth-order valence-electron chi connectivity index (χ4n) is 3.14. The molecule has 0 amide bonds. The molecule has 0 N–H and O–H groups in total. The van der Waals surface area contributed by atoms with E-state index < -0.39 is 15.5 Å². The van der Waals surface area contributed by atoms with E-state index in [0.29, 0.717) is 22.3 Å². The van der Waals surface area contributed by atoms with Gasteiger partial charge in [0.2, 0.25) is 9.84 Å². The van der Waals surface area contributed by atoms with Crippen LogP contribution in [-0.4, -0.2) is 15.5 Å². The predicted molar refractivity (Wildman–Crippen MR) is 106 cm³/mol. The maximum atomic E-state index is 13.3.